The van der Waals surface area contributed by atoms with Gasteiger partial charge in [0.05, 0.1) is 0 Å². The van der Waals surface area contributed by atoms with E-state index >= 15 is 0 Å². The van der Waals surface area contributed by atoms with Gasteiger partial charge >= 0.3 is 0 Å². The first-order valence-corrected chi connectivity index (χ1v) is 8.89. The highest BCUT2D eigenvalue weighted by Crippen LogP contribution is 2.22. The van der Waals surface area contributed by atoms with Gasteiger partial charge in [0.25, 0.3) is 0 Å². The van der Waals surface area contributed by atoms with E-state index in [-0.39, 0.29) is 12.4 Å². The Bertz CT molecular complexity index is 803. The molecular formula is C21H23FN2O3. The summed E-state index contributed by atoms with van der Waals surface area (Å²) in [7, 11) is 0. The van der Waals surface area contributed by atoms with Crippen LogP contribution in [0.25, 0.3) is 5.57 Å². The van der Waals surface area contributed by atoms with Crippen LogP contribution in [0.1, 0.15) is 22.3 Å². The second-order valence-electron chi connectivity index (χ2n) is 6.60. The van der Waals surface area contributed by atoms with Crippen molar-refractivity contribution in [3.8, 4) is 5.75 Å². The number of halogens is 1. The lowest BCUT2D eigenvalue weighted by molar-refractivity contribution is 0.0716. The number of β-amino-alcohol motifs (C(OH)–C–C–N with tert-alkyl or cyclic N) is 1. The predicted molar refractivity (Wildman–Crippen MR) is 102 cm³/mol. The van der Waals surface area contributed by atoms with Crippen molar-refractivity contribution in [2.24, 2.45) is 5.73 Å². The van der Waals surface area contributed by atoms with Crippen LogP contribution in [0.3, 0.4) is 0 Å². The van der Waals surface area contributed by atoms with Crippen LogP contribution < -0.4 is 10.5 Å². The van der Waals surface area contributed by atoms with Gasteiger partial charge in [-0.25, -0.2) is 4.39 Å². The summed E-state index contributed by atoms with van der Waals surface area (Å²) in [6.45, 7) is 2.23. The SMILES string of the molecule is NC(=O)c1ccc(OC[C@@H](O)CN2CC=C(c3ccc(F)cc3)CC2)cc1. The second kappa shape index (κ2) is 8.79. The molecule has 0 aliphatic carbocycles. The lowest BCUT2D eigenvalue weighted by Gasteiger charge is -2.28. The third-order valence-corrected chi connectivity index (χ3v) is 4.56. The van der Waals surface area contributed by atoms with Crippen LogP contribution in [0.2, 0.25) is 0 Å². The van der Waals surface area contributed by atoms with E-state index in [1.807, 2.05) is 0 Å². The Kier molecular flexibility index (Phi) is 6.21. The molecule has 0 unspecified atom stereocenters. The number of benzene rings is 2. The molecule has 27 heavy (non-hydrogen) atoms. The Morgan fingerprint density at radius 2 is 1.89 bits per heavy atom. The maximum absolute atomic E-state index is 13.0. The summed E-state index contributed by atoms with van der Waals surface area (Å²) in [5, 5.41) is 10.2. The van der Waals surface area contributed by atoms with E-state index in [0.717, 1.165) is 25.1 Å². The van der Waals surface area contributed by atoms with Crippen LogP contribution in [0.4, 0.5) is 4.39 Å². The van der Waals surface area contributed by atoms with Crippen LogP contribution in [0.5, 0.6) is 5.75 Å². The van der Waals surface area contributed by atoms with E-state index in [1.165, 1.54) is 17.7 Å². The Morgan fingerprint density at radius 3 is 2.48 bits per heavy atom. The molecule has 0 spiro atoms. The molecule has 0 saturated heterocycles. The monoisotopic (exact) mass is 370 g/mol. The van der Waals surface area contributed by atoms with E-state index in [1.54, 1.807) is 36.4 Å². The van der Waals surface area contributed by atoms with Crippen LogP contribution in [0, 0.1) is 5.82 Å². The average molecular weight is 370 g/mol. The van der Waals surface area contributed by atoms with Gasteiger partial charge < -0.3 is 15.6 Å². The molecule has 3 N–H and O–H groups in total. The van der Waals surface area contributed by atoms with E-state index < -0.39 is 12.0 Å². The number of primary amides is 1. The molecule has 2 aromatic rings. The molecule has 5 nitrogen and oxygen atoms in total. The number of hydrogen-bond donors (Lipinski definition) is 2. The lowest BCUT2D eigenvalue weighted by atomic mass is 9.99. The standard InChI is InChI=1S/C21H23FN2O3/c22-18-5-1-15(2-6-18)16-9-11-24(12-10-16)13-19(25)14-27-20-7-3-17(4-8-20)21(23)26/h1-9,19,25H,10-14H2,(H2,23,26)/t19-/m0/s1. The minimum Gasteiger partial charge on any atom is -0.491 e. The molecule has 0 radical (unpaired) electrons. The molecule has 142 valence electrons. The minimum absolute atomic E-state index is 0.168. The highest BCUT2D eigenvalue weighted by Gasteiger charge is 2.16. The maximum atomic E-state index is 13.0. The zero-order valence-electron chi connectivity index (χ0n) is 15.0. The summed E-state index contributed by atoms with van der Waals surface area (Å²) in [4.78, 5) is 13.2. The summed E-state index contributed by atoms with van der Waals surface area (Å²) < 4.78 is 18.6. The smallest absolute Gasteiger partial charge is 0.248 e. The molecule has 1 aliphatic rings. The third kappa shape index (κ3) is 5.39. The Morgan fingerprint density at radius 1 is 1.19 bits per heavy atom. The first-order valence-electron chi connectivity index (χ1n) is 8.89. The summed E-state index contributed by atoms with van der Waals surface area (Å²) in [6, 6.07) is 13.0. The Hall–Kier alpha value is -2.70. The van der Waals surface area contributed by atoms with Crippen LogP contribution in [-0.2, 0) is 0 Å². The molecule has 1 atom stereocenters. The summed E-state index contributed by atoms with van der Waals surface area (Å²) in [6.07, 6.45) is 2.35. The van der Waals surface area contributed by atoms with Crippen molar-refractivity contribution in [1.29, 1.82) is 0 Å². The topological polar surface area (TPSA) is 75.8 Å². The number of nitrogens with zero attached hydrogens (tertiary/aromatic N) is 1. The van der Waals surface area contributed by atoms with Gasteiger partial charge in [-0.15, -0.1) is 0 Å². The summed E-state index contributed by atoms with van der Waals surface area (Å²) >= 11 is 0. The molecule has 0 saturated carbocycles. The zero-order valence-corrected chi connectivity index (χ0v) is 15.0. The molecule has 1 aliphatic heterocycles. The minimum atomic E-state index is -0.624. The van der Waals surface area contributed by atoms with Gasteiger partial charge in [0.1, 0.15) is 24.3 Å². The first-order chi connectivity index (χ1) is 13.0. The fraction of sp³-hybridized carbons (Fsp3) is 0.286. The predicted octanol–water partition coefficient (Wildman–Crippen LogP) is 2.45. The molecular weight excluding hydrogens is 347 g/mol. The normalized spacial score (nSPS) is 15.9. The number of rotatable bonds is 7. The highest BCUT2D eigenvalue weighted by atomic mass is 19.1. The number of nitrogens with two attached hydrogens (primary N) is 1. The van der Waals surface area contributed by atoms with Crippen LogP contribution >= 0.6 is 0 Å². The molecule has 3 rings (SSSR count). The number of ether oxygens (including phenoxy) is 1. The van der Waals surface area contributed by atoms with Crippen molar-refractivity contribution < 1.29 is 19.0 Å². The van der Waals surface area contributed by atoms with Gasteiger partial charge in [-0.3, -0.25) is 9.69 Å². The van der Waals surface area contributed by atoms with E-state index in [2.05, 4.69) is 11.0 Å². The van der Waals surface area contributed by atoms with Crippen LogP contribution in [0.15, 0.2) is 54.6 Å². The first kappa shape index (κ1) is 19.1. The highest BCUT2D eigenvalue weighted by molar-refractivity contribution is 5.92. The Balaban J connectivity index is 1.45. The molecule has 6 heteroatoms. The van der Waals surface area contributed by atoms with Gasteiger partial charge in [-0.1, -0.05) is 18.2 Å². The fourth-order valence-corrected chi connectivity index (χ4v) is 3.06. The van der Waals surface area contributed by atoms with Crippen molar-refractivity contribution in [3.05, 3.63) is 71.6 Å². The van der Waals surface area contributed by atoms with E-state index in [0.29, 0.717) is 17.9 Å². The third-order valence-electron chi connectivity index (χ3n) is 4.56. The number of hydrogen-bond acceptors (Lipinski definition) is 4. The number of amides is 1. The molecule has 0 bridgehead atoms. The number of aliphatic hydroxyl groups excluding tert-OH is 1. The van der Waals surface area contributed by atoms with Gasteiger partial charge in [0, 0.05) is 25.2 Å². The number of carbonyl (C=O) groups excluding carboxylic acids is 1. The quantitative estimate of drug-likeness (QED) is 0.785. The van der Waals surface area contributed by atoms with E-state index in [9.17, 15) is 14.3 Å². The van der Waals surface area contributed by atoms with Gasteiger partial charge in [-0.05, 0) is 54.0 Å². The average Bonchev–Trinajstić information content (AvgIpc) is 2.68. The summed E-state index contributed by atoms with van der Waals surface area (Å²) in [5.74, 6) is -0.139. The molecule has 0 aromatic heterocycles. The van der Waals surface area contributed by atoms with Crippen molar-refractivity contribution in [3.63, 3.8) is 0 Å². The van der Waals surface area contributed by atoms with Crippen molar-refractivity contribution in [2.45, 2.75) is 12.5 Å². The van der Waals surface area contributed by atoms with Gasteiger partial charge in [0.2, 0.25) is 5.91 Å². The van der Waals surface area contributed by atoms with Gasteiger partial charge in [-0.2, -0.15) is 0 Å². The van der Waals surface area contributed by atoms with E-state index in [4.69, 9.17) is 10.5 Å². The largest absolute Gasteiger partial charge is 0.491 e. The number of carbonyl (C=O) groups is 1. The van der Waals surface area contributed by atoms with Crippen LogP contribution in [-0.4, -0.2) is 48.3 Å². The van der Waals surface area contributed by atoms with Crippen molar-refractivity contribution in [2.75, 3.05) is 26.2 Å². The molecule has 2 aromatic carbocycles. The lowest BCUT2D eigenvalue weighted by Crippen LogP contribution is -2.38. The maximum Gasteiger partial charge on any atom is 0.248 e. The second-order valence-corrected chi connectivity index (χ2v) is 6.60. The fourth-order valence-electron chi connectivity index (χ4n) is 3.06. The molecule has 1 amide bonds. The number of aliphatic hydroxyl groups is 1. The summed E-state index contributed by atoms with van der Waals surface area (Å²) in [5.41, 5.74) is 7.86. The van der Waals surface area contributed by atoms with Crippen molar-refractivity contribution in [1.82, 2.24) is 4.90 Å². The van der Waals surface area contributed by atoms with Crippen molar-refractivity contribution >= 4 is 11.5 Å². The molecule has 0 fully saturated rings. The van der Waals surface area contributed by atoms with Gasteiger partial charge in [0.15, 0.2) is 0 Å². The molecule has 1 heterocycles. The Labute approximate surface area is 157 Å². The zero-order chi connectivity index (χ0) is 19.2.